The number of aromatic amines is 1. The minimum atomic E-state index is 0.431. The number of carbonyl (C=O) groups is 1. The highest BCUT2D eigenvalue weighted by molar-refractivity contribution is 6.29. The average Bonchev–Trinajstić information content (AvgIpc) is 2.67. The molecule has 15 heavy (non-hydrogen) atoms. The first-order chi connectivity index (χ1) is 7.27. The van der Waals surface area contributed by atoms with Crippen LogP contribution in [0.2, 0.25) is 5.15 Å². The number of hydrogen-bond donors (Lipinski definition) is 1. The molecule has 0 saturated heterocycles. The number of nitrogens with one attached hydrogen (secondary N) is 1. The van der Waals surface area contributed by atoms with Crippen LogP contribution in [0.25, 0.3) is 11.0 Å². The fourth-order valence-electron chi connectivity index (χ4n) is 0.975. The molecule has 0 aliphatic carbocycles. The molecule has 2 aromatic heterocycles. The number of H-pyrrole nitrogens is 1. The van der Waals surface area contributed by atoms with Gasteiger partial charge in [0, 0.05) is 11.6 Å². The summed E-state index contributed by atoms with van der Waals surface area (Å²) in [5.74, 6) is 0. The fraction of sp³-hybridized carbons (Fsp3) is 0.200. The molecule has 1 N–H and O–H groups in total. The van der Waals surface area contributed by atoms with E-state index in [1.165, 1.54) is 0 Å². The number of aromatic nitrogens is 2. The zero-order valence-corrected chi connectivity index (χ0v) is 8.99. The van der Waals surface area contributed by atoms with Crippen molar-refractivity contribution in [2.75, 3.05) is 6.61 Å². The first-order valence-corrected chi connectivity index (χ1v) is 4.80. The van der Waals surface area contributed by atoms with Gasteiger partial charge in [0.25, 0.3) is 6.47 Å². The number of halogens is 1. The molecule has 80 valence electrons. The first-order valence-electron chi connectivity index (χ1n) is 4.42. The maximum absolute atomic E-state index is 9.18. The molecule has 2 rings (SSSR count). The summed E-state index contributed by atoms with van der Waals surface area (Å²) in [5, 5.41) is 1.61. The highest BCUT2D eigenvalue weighted by Gasteiger charge is 1.93. The minimum Gasteiger partial charge on any atom is -0.468 e. The highest BCUT2D eigenvalue weighted by atomic mass is 35.5. The predicted molar refractivity (Wildman–Crippen MR) is 58.8 cm³/mol. The Labute approximate surface area is 92.2 Å². The quantitative estimate of drug-likeness (QED) is 0.632. The van der Waals surface area contributed by atoms with Gasteiger partial charge in [-0.25, -0.2) is 4.98 Å². The van der Waals surface area contributed by atoms with Crippen molar-refractivity contribution in [3.63, 3.8) is 0 Å². The molecule has 5 heteroatoms. The zero-order chi connectivity index (χ0) is 11.1. The molecule has 0 aliphatic heterocycles. The Morgan fingerprint density at radius 3 is 2.93 bits per heavy atom. The number of rotatable bonds is 2. The Balaban J connectivity index is 0.000000195. The molecule has 4 nitrogen and oxygen atoms in total. The summed E-state index contributed by atoms with van der Waals surface area (Å²) in [4.78, 5) is 16.2. The van der Waals surface area contributed by atoms with Gasteiger partial charge in [-0.3, -0.25) is 4.79 Å². The minimum absolute atomic E-state index is 0.431. The molecule has 2 heterocycles. The highest BCUT2D eigenvalue weighted by Crippen LogP contribution is 2.12. The average molecular weight is 227 g/mol. The Morgan fingerprint density at radius 1 is 1.53 bits per heavy atom. The molecular weight excluding hydrogens is 216 g/mol. The SMILES string of the molecule is CCOC=O.Clc1ccc2cc[nH]c2n1. The van der Waals surface area contributed by atoms with Gasteiger partial charge in [0.05, 0.1) is 6.61 Å². The maximum atomic E-state index is 9.18. The van der Waals surface area contributed by atoms with Gasteiger partial charge in [-0.2, -0.15) is 0 Å². The molecule has 0 radical (unpaired) electrons. The molecule has 0 atom stereocenters. The lowest BCUT2D eigenvalue weighted by Crippen LogP contribution is -1.80. The third-order valence-corrected chi connectivity index (χ3v) is 1.82. The van der Waals surface area contributed by atoms with E-state index in [0.717, 1.165) is 11.0 Å². The van der Waals surface area contributed by atoms with Crippen LogP contribution in [0.4, 0.5) is 0 Å². The smallest absolute Gasteiger partial charge is 0.293 e. The molecule has 0 aromatic carbocycles. The van der Waals surface area contributed by atoms with Crippen LogP contribution in [0.1, 0.15) is 6.92 Å². The van der Waals surface area contributed by atoms with Crippen LogP contribution in [-0.2, 0) is 9.53 Å². The van der Waals surface area contributed by atoms with E-state index >= 15 is 0 Å². The second kappa shape index (κ2) is 6.03. The van der Waals surface area contributed by atoms with E-state index < -0.39 is 0 Å². The normalized spacial score (nSPS) is 9.20. The van der Waals surface area contributed by atoms with Crippen molar-refractivity contribution in [2.45, 2.75) is 6.92 Å². The monoisotopic (exact) mass is 226 g/mol. The molecular formula is C10H11ClN2O2. The van der Waals surface area contributed by atoms with E-state index in [4.69, 9.17) is 11.6 Å². The van der Waals surface area contributed by atoms with Gasteiger partial charge in [0.2, 0.25) is 0 Å². The van der Waals surface area contributed by atoms with Gasteiger partial charge < -0.3 is 9.72 Å². The van der Waals surface area contributed by atoms with Crippen molar-refractivity contribution >= 4 is 29.1 Å². The maximum Gasteiger partial charge on any atom is 0.293 e. The summed E-state index contributed by atoms with van der Waals surface area (Å²) in [6.45, 7) is 2.66. The van der Waals surface area contributed by atoms with E-state index in [9.17, 15) is 4.79 Å². The van der Waals surface area contributed by atoms with Crippen molar-refractivity contribution in [2.24, 2.45) is 0 Å². The van der Waals surface area contributed by atoms with E-state index in [1.807, 2.05) is 18.3 Å². The number of carbonyl (C=O) groups excluding carboxylic acids is 1. The van der Waals surface area contributed by atoms with Crippen molar-refractivity contribution < 1.29 is 9.53 Å². The van der Waals surface area contributed by atoms with Crippen LogP contribution in [0.5, 0.6) is 0 Å². The molecule has 0 bridgehead atoms. The Kier molecular flexibility index (Phi) is 4.63. The predicted octanol–water partition coefficient (Wildman–Crippen LogP) is 2.40. The van der Waals surface area contributed by atoms with Gasteiger partial charge in [-0.05, 0) is 25.1 Å². The molecule has 0 saturated carbocycles. The lowest BCUT2D eigenvalue weighted by atomic mass is 10.3. The number of fused-ring (bicyclic) bond motifs is 1. The van der Waals surface area contributed by atoms with Crippen molar-refractivity contribution in [1.82, 2.24) is 9.97 Å². The van der Waals surface area contributed by atoms with Crippen LogP contribution < -0.4 is 0 Å². The largest absolute Gasteiger partial charge is 0.468 e. The summed E-state index contributed by atoms with van der Waals surface area (Å²) in [6.07, 6.45) is 1.84. The first kappa shape index (κ1) is 11.5. The Morgan fingerprint density at radius 2 is 2.33 bits per heavy atom. The van der Waals surface area contributed by atoms with Gasteiger partial charge in [-0.1, -0.05) is 11.6 Å². The summed E-state index contributed by atoms with van der Waals surface area (Å²) in [5.41, 5.74) is 0.840. The zero-order valence-electron chi connectivity index (χ0n) is 8.24. The standard InChI is InChI=1S/C7H5ClN2.C3H6O2/c8-6-2-1-5-3-4-9-7(5)10-6;1-2-5-3-4/h1-4H,(H,9,10);3H,2H2,1H3. The van der Waals surface area contributed by atoms with Gasteiger partial charge in [-0.15, -0.1) is 0 Å². The number of ether oxygens (including phenoxy) is 1. The van der Waals surface area contributed by atoms with E-state index in [2.05, 4.69) is 14.7 Å². The molecule has 0 fully saturated rings. The number of nitrogens with zero attached hydrogens (tertiary/aromatic N) is 1. The Hall–Kier alpha value is -1.55. The topological polar surface area (TPSA) is 55.0 Å². The van der Waals surface area contributed by atoms with E-state index in [-0.39, 0.29) is 0 Å². The molecule has 2 aromatic rings. The molecule has 0 aliphatic rings. The number of hydrogen-bond acceptors (Lipinski definition) is 3. The van der Waals surface area contributed by atoms with Crippen molar-refractivity contribution in [3.05, 3.63) is 29.5 Å². The van der Waals surface area contributed by atoms with Gasteiger partial charge in [0.15, 0.2) is 0 Å². The third-order valence-electron chi connectivity index (χ3n) is 1.61. The number of pyridine rings is 1. The van der Waals surface area contributed by atoms with Crippen LogP contribution in [0.15, 0.2) is 24.4 Å². The lowest BCUT2D eigenvalue weighted by Gasteiger charge is -1.87. The van der Waals surface area contributed by atoms with E-state index in [1.54, 1.807) is 13.0 Å². The fourth-order valence-corrected chi connectivity index (χ4v) is 1.12. The third kappa shape index (κ3) is 3.59. The van der Waals surface area contributed by atoms with Gasteiger partial charge in [0.1, 0.15) is 10.8 Å². The van der Waals surface area contributed by atoms with Crippen LogP contribution >= 0.6 is 11.6 Å². The molecule has 0 unspecified atom stereocenters. The van der Waals surface area contributed by atoms with Crippen LogP contribution in [0, 0.1) is 0 Å². The summed E-state index contributed by atoms with van der Waals surface area (Å²) < 4.78 is 4.15. The van der Waals surface area contributed by atoms with E-state index in [0.29, 0.717) is 18.2 Å². The second-order valence-electron chi connectivity index (χ2n) is 2.60. The Bertz CT molecular complexity index is 428. The second-order valence-corrected chi connectivity index (χ2v) is 2.99. The molecule has 0 spiro atoms. The molecule has 0 amide bonds. The van der Waals surface area contributed by atoms with Crippen molar-refractivity contribution in [1.29, 1.82) is 0 Å². The van der Waals surface area contributed by atoms with Gasteiger partial charge >= 0.3 is 0 Å². The van der Waals surface area contributed by atoms with Crippen LogP contribution in [0.3, 0.4) is 0 Å². The van der Waals surface area contributed by atoms with Crippen LogP contribution in [-0.4, -0.2) is 23.0 Å². The van der Waals surface area contributed by atoms with Crippen molar-refractivity contribution in [3.8, 4) is 0 Å². The lowest BCUT2D eigenvalue weighted by molar-refractivity contribution is -0.128. The summed E-state index contributed by atoms with van der Waals surface area (Å²) in [6, 6.07) is 5.66. The summed E-state index contributed by atoms with van der Waals surface area (Å²) >= 11 is 5.64. The summed E-state index contributed by atoms with van der Waals surface area (Å²) in [7, 11) is 0.